The molecule has 1 aliphatic carbocycles. The summed E-state index contributed by atoms with van der Waals surface area (Å²) in [4.78, 5) is 12.6. The molecule has 2 heterocycles. The van der Waals surface area contributed by atoms with Gasteiger partial charge >= 0.3 is 0 Å². The number of rotatable bonds is 0. The average molecular weight is 256 g/mol. The fourth-order valence-electron chi connectivity index (χ4n) is 3.09. The molecule has 5 nitrogen and oxygen atoms in total. The summed E-state index contributed by atoms with van der Waals surface area (Å²) in [6, 6.07) is 0. The van der Waals surface area contributed by atoms with E-state index in [4.69, 9.17) is 18.9 Å². The lowest BCUT2D eigenvalue weighted by atomic mass is 9.81. The zero-order chi connectivity index (χ0) is 13.2. The van der Waals surface area contributed by atoms with Gasteiger partial charge in [0.15, 0.2) is 23.0 Å². The van der Waals surface area contributed by atoms with Gasteiger partial charge in [0.1, 0.15) is 6.10 Å². The standard InChI is InChI=1S/C13H20O5/c1-11(2)15-7-13(18-11)6-5-8-9(10(13)14)17-12(3,4)16-8/h8-9H,5-7H2,1-4H3. The van der Waals surface area contributed by atoms with Crippen LogP contribution in [-0.4, -0.2) is 41.8 Å². The van der Waals surface area contributed by atoms with E-state index in [1.54, 1.807) is 0 Å². The topological polar surface area (TPSA) is 54.0 Å². The largest absolute Gasteiger partial charge is 0.347 e. The number of ketones is 1. The first-order valence-corrected chi connectivity index (χ1v) is 6.47. The molecule has 3 fully saturated rings. The molecule has 2 aliphatic heterocycles. The Bertz CT molecular complexity index is 387. The molecular weight excluding hydrogens is 236 g/mol. The van der Waals surface area contributed by atoms with Gasteiger partial charge in [0.05, 0.1) is 12.7 Å². The molecule has 102 valence electrons. The molecule has 0 bridgehead atoms. The molecule has 18 heavy (non-hydrogen) atoms. The smallest absolute Gasteiger partial charge is 0.198 e. The monoisotopic (exact) mass is 256 g/mol. The zero-order valence-corrected chi connectivity index (χ0v) is 11.3. The van der Waals surface area contributed by atoms with Gasteiger partial charge in [-0.15, -0.1) is 0 Å². The number of ether oxygens (including phenoxy) is 4. The van der Waals surface area contributed by atoms with Crippen molar-refractivity contribution in [1.29, 1.82) is 0 Å². The SMILES string of the molecule is CC1(C)OC2CCC3(COC(C)(C)O3)C(=O)C2O1. The van der Waals surface area contributed by atoms with Crippen molar-refractivity contribution in [3.8, 4) is 0 Å². The molecule has 0 amide bonds. The maximum Gasteiger partial charge on any atom is 0.198 e. The maximum absolute atomic E-state index is 12.6. The highest BCUT2D eigenvalue weighted by molar-refractivity contribution is 5.93. The number of hydrogen-bond donors (Lipinski definition) is 0. The summed E-state index contributed by atoms with van der Waals surface area (Å²) < 4.78 is 22.9. The van der Waals surface area contributed by atoms with Crippen LogP contribution in [0.2, 0.25) is 0 Å². The summed E-state index contributed by atoms with van der Waals surface area (Å²) in [5, 5.41) is 0. The fraction of sp³-hybridized carbons (Fsp3) is 0.923. The maximum atomic E-state index is 12.6. The van der Waals surface area contributed by atoms with Gasteiger partial charge in [-0.3, -0.25) is 4.79 Å². The van der Waals surface area contributed by atoms with Crippen molar-refractivity contribution in [3.05, 3.63) is 0 Å². The second-order valence-corrected chi connectivity index (χ2v) is 6.28. The van der Waals surface area contributed by atoms with Crippen LogP contribution in [0.15, 0.2) is 0 Å². The van der Waals surface area contributed by atoms with Crippen molar-refractivity contribution in [2.75, 3.05) is 6.61 Å². The van der Waals surface area contributed by atoms with Crippen LogP contribution < -0.4 is 0 Å². The molecule has 3 rings (SSSR count). The van der Waals surface area contributed by atoms with E-state index >= 15 is 0 Å². The average Bonchev–Trinajstić information content (AvgIpc) is 2.71. The molecule has 5 heteroatoms. The second-order valence-electron chi connectivity index (χ2n) is 6.28. The van der Waals surface area contributed by atoms with Crippen molar-refractivity contribution < 1.29 is 23.7 Å². The van der Waals surface area contributed by atoms with Crippen molar-refractivity contribution in [1.82, 2.24) is 0 Å². The fourth-order valence-corrected chi connectivity index (χ4v) is 3.09. The first-order valence-electron chi connectivity index (χ1n) is 6.47. The van der Waals surface area contributed by atoms with Crippen molar-refractivity contribution in [2.45, 2.75) is 69.9 Å². The quantitative estimate of drug-likeness (QED) is 0.655. The van der Waals surface area contributed by atoms with E-state index in [2.05, 4.69) is 0 Å². The van der Waals surface area contributed by atoms with E-state index in [1.807, 2.05) is 27.7 Å². The van der Waals surface area contributed by atoms with Crippen LogP contribution in [0, 0.1) is 0 Å². The number of fused-ring (bicyclic) bond motifs is 1. The molecule has 1 spiro atoms. The molecule has 3 aliphatic rings. The molecule has 0 radical (unpaired) electrons. The third kappa shape index (κ3) is 1.81. The predicted octanol–water partition coefficient (Wildman–Crippen LogP) is 1.39. The zero-order valence-electron chi connectivity index (χ0n) is 11.3. The van der Waals surface area contributed by atoms with Crippen LogP contribution in [-0.2, 0) is 23.7 Å². The molecule has 0 aromatic rings. The summed E-state index contributed by atoms with van der Waals surface area (Å²) in [6.07, 6.45) is 0.728. The van der Waals surface area contributed by atoms with Crippen LogP contribution >= 0.6 is 0 Å². The lowest BCUT2D eigenvalue weighted by Gasteiger charge is -2.35. The van der Waals surface area contributed by atoms with Crippen LogP contribution in [0.3, 0.4) is 0 Å². The summed E-state index contributed by atoms with van der Waals surface area (Å²) >= 11 is 0. The second kappa shape index (κ2) is 3.54. The molecule has 0 aromatic carbocycles. The molecule has 2 saturated heterocycles. The van der Waals surface area contributed by atoms with E-state index in [9.17, 15) is 4.79 Å². The Labute approximate surface area is 107 Å². The number of carbonyl (C=O) groups excluding carboxylic acids is 1. The summed E-state index contributed by atoms with van der Waals surface area (Å²) in [5.41, 5.74) is -0.839. The minimum Gasteiger partial charge on any atom is -0.347 e. The minimum atomic E-state index is -0.839. The Balaban J connectivity index is 1.84. The molecule has 3 atom stereocenters. The molecular formula is C13H20O5. The lowest BCUT2D eigenvalue weighted by Crippen LogP contribution is -2.55. The highest BCUT2D eigenvalue weighted by Gasteiger charge is 2.60. The van der Waals surface area contributed by atoms with Crippen molar-refractivity contribution >= 4 is 5.78 Å². The minimum absolute atomic E-state index is 0.0325. The van der Waals surface area contributed by atoms with Gasteiger partial charge < -0.3 is 18.9 Å². The van der Waals surface area contributed by atoms with Crippen LogP contribution in [0.25, 0.3) is 0 Å². The first-order chi connectivity index (χ1) is 8.23. The molecule has 0 N–H and O–H groups in total. The third-order valence-electron chi connectivity index (χ3n) is 3.82. The Morgan fingerprint density at radius 3 is 2.44 bits per heavy atom. The van der Waals surface area contributed by atoms with E-state index in [0.29, 0.717) is 13.0 Å². The summed E-state index contributed by atoms with van der Waals surface area (Å²) in [6.45, 7) is 7.64. The highest BCUT2D eigenvalue weighted by Crippen LogP contribution is 2.44. The Morgan fingerprint density at radius 1 is 1.11 bits per heavy atom. The summed E-state index contributed by atoms with van der Waals surface area (Å²) in [5.74, 6) is -1.42. The van der Waals surface area contributed by atoms with Crippen LogP contribution in [0.4, 0.5) is 0 Å². The van der Waals surface area contributed by atoms with Crippen molar-refractivity contribution in [3.63, 3.8) is 0 Å². The van der Waals surface area contributed by atoms with Gasteiger partial charge in [-0.25, -0.2) is 0 Å². The predicted molar refractivity (Wildman–Crippen MR) is 61.9 cm³/mol. The lowest BCUT2D eigenvalue weighted by molar-refractivity contribution is -0.185. The first kappa shape index (κ1) is 12.5. The molecule has 0 aromatic heterocycles. The molecule has 3 unspecified atom stereocenters. The third-order valence-corrected chi connectivity index (χ3v) is 3.82. The summed E-state index contributed by atoms with van der Waals surface area (Å²) in [7, 11) is 0. The van der Waals surface area contributed by atoms with Crippen LogP contribution in [0.5, 0.6) is 0 Å². The van der Waals surface area contributed by atoms with E-state index in [0.717, 1.165) is 6.42 Å². The Kier molecular flexibility index (Phi) is 2.46. The highest BCUT2D eigenvalue weighted by atomic mass is 16.8. The van der Waals surface area contributed by atoms with E-state index in [-0.39, 0.29) is 11.9 Å². The van der Waals surface area contributed by atoms with Gasteiger partial charge in [-0.2, -0.15) is 0 Å². The van der Waals surface area contributed by atoms with Gasteiger partial charge in [0, 0.05) is 0 Å². The number of hydrogen-bond acceptors (Lipinski definition) is 5. The van der Waals surface area contributed by atoms with Gasteiger partial charge in [0.2, 0.25) is 0 Å². The Morgan fingerprint density at radius 2 is 1.83 bits per heavy atom. The molecule has 1 saturated carbocycles. The van der Waals surface area contributed by atoms with Crippen molar-refractivity contribution in [2.24, 2.45) is 0 Å². The van der Waals surface area contributed by atoms with E-state index in [1.165, 1.54) is 0 Å². The number of carbonyl (C=O) groups is 1. The van der Waals surface area contributed by atoms with Crippen LogP contribution in [0.1, 0.15) is 40.5 Å². The number of Topliss-reactive ketones (excluding diaryl/α,β-unsaturated/α-hetero) is 1. The van der Waals surface area contributed by atoms with Gasteiger partial charge in [0.25, 0.3) is 0 Å². The van der Waals surface area contributed by atoms with Gasteiger partial charge in [-0.1, -0.05) is 0 Å². The Hall–Kier alpha value is -0.490. The normalized spacial score (nSPS) is 45.4. The van der Waals surface area contributed by atoms with Gasteiger partial charge in [-0.05, 0) is 40.5 Å². The van der Waals surface area contributed by atoms with E-state index < -0.39 is 23.3 Å².